The molecule has 28 heavy (non-hydrogen) atoms. The Morgan fingerprint density at radius 2 is 1.75 bits per heavy atom. The van der Waals surface area contributed by atoms with E-state index in [0.29, 0.717) is 5.92 Å². The van der Waals surface area contributed by atoms with E-state index in [-0.39, 0.29) is 35.7 Å². The maximum Gasteiger partial charge on any atom is 0.221 e. The van der Waals surface area contributed by atoms with Crippen LogP contribution in [0.25, 0.3) is 0 Å². The number of nitrogens with zero attached hydrogens (tertiary/aromatic N) is 1. The Morgan fingerprint density at radius 3 is 2.29 bits per heavy atom. The van der Waals surface area contributed by atoms with Crippen molar-refractivity contribution in [2.75, 3.05) is 26.3 Å². The summed E-state index contributed by atoms with van der Waals surface area (Å²) < 4.78 is 5.46. The highest BCUT2D eigenvalue weighted by molar-refractivity contribution is 5.77. The first kappa shape index (κ1) is 23.6. The maximum absolute atomic E-state index is 12.3. The third-order valence-corrected chi connectivity index (χ3v) is 7.00. The Balaban J connectivity index is 2.09. The zero-order valence-electron chi connectivity index (χ0n) is 18.2. The molecular weight excluding hydrogens is 354 g/mol. The topological polar surface area (TPSA) is 102 Å². The normalized spacial score (nSPS) is 25.2. The fourth-order valence-corrected chi connectivity index (χ4v) is 5.36. The average Bonchev–Trinajstić information content (AvgIpc) is 2.67. The monoisotopic (exact) mass is 397 g/mol. The van der Waals surface area contributed by atoms with Gasteiger partial charge in [-0.15, -0.1) is 0 Å². The maximum atomic E-state index is 12.3. The van der Waals surface area contributed by atoms with Crippen LogP contribution in [0.3, 0.4) is 0 Å². The van der Waals surface area contributed by atoms with Gasteiger partial charge in [-0.25, -0.2) is 0 Å². The largest absolute Gasteiger partial charge is 0.391 e. The van der Waals surface area contributed by atoms with Gasteiger partial charge in [0.2, 0.25) is 5.91 Å². The van der Waals surface area contributed by atoms with Crippen LogP contribution in [0.4, 0.5) is 0 Å². The summed E-state index contributed by atoms with van der Waals surface area (Å²) in [5, 5.41) is 11.2. The molecular formula is C22H43N3O3. The second-order valence-electron chi connectivity index (χ2n) is 9.46. The lowest BCUT2D eigenvalue weighted by atomic mass is 9.73. The number of morpholine rings is 1. The van der Waals surface area contributed by atoms with Gasteiger partial charge in [0.15, 0.2) is 0 Å². The Labute approximate surface area is 171 Å². The van der Waals surface area contributed by atoms with Crippen molar-refractivity contribution in [2.45, 2.75) is 83.9 Å². The SMILES string of the molecule is CC(C)[C@H](C(N)=O)C(CC(C)N1CCOCC1)[C@H](O)[C@@H](N)CC1CCCCC1. The van der Waals surface area contributed by atoms with E-state index in [0.717, 1.165) is 39.1 Å². The van der Waals surface area contributed by atoms with Gasteiger partial charge in [0.1, 0.15) is 0 Å². The van der Waals surface area contributed by atoms with Crippen LogP contribution in [0.2, 0.25) is 0 Å². The van der Waals surface area contributed by atoms with E-state index in [1.54, 1.807) is 0 Å². The number of hydrogen-bond acceptors (Lipinski definition) is 5. The van der Waals surface area contributed by atoms with Crippen LogP contribution in [0.15, 0.2) is 0 Å². The molecule has 1 amide bonds. The molecule has 5 N–H and O–H groups in total. The molecule has 1 saturated carbocycles. The number of hydrogen-bond donors (Lipinski definition) is 3. The molecule has 0 aromatic heterocycles. The number of nitrogens with two attached hydrogens (primary N) is 2. The Kier molecular flexibility index (Phi) is 9.67. The molecule has 2 aliphatic rings. The first-order valence-corrected chi connectivity index (χ1v) is 11.4. The van der Waals surface area contributed by atoms with Gasteiger partial charge in [-0.1, -0.05) is 46.0 Å². The molecule has 0 aromatic rings. The zero-order chi connectivity index (χ0) is 20.7. The lowest BCUT2D eigenvalue weighted by molar-refractivity contribution is -0.128. The number of aliphatic hydroxyl groups excluding tert-OH is 1. The zero-order valence-corrected chi connectivity index (χ0v) is 18.2. The predicted molar refractivity (Wildman–Crippen MR) is 113 cm³/mol. The lowest BCUT2D eigenvalue weighted by Crippen LogP contribution is -2.51. The minimum atomic E-state index is -0.703. The van der Waals surface area contributed by atoms with Crippen molar-refractivity contribution in [3.05, 3.63) is 0 Å². The molecule has 0 spiro atoms. The molecule has 2 unspecified atom stereocenters. The summed E-state index contributed by atoms with van der Waals surface area (Å²) in [6.07, 6.45) is 7.12. The van der Waals surface area contributed by atoms with E-state index < -0.39 is 6.10 Å². The van der Waals surface area contributed by atoms with Gasteiger partial charge in [0.25, 0.3) is 0 Å². The molecule has 1 saturated heterocycles. The summed E-state index contributed by atoms with van der Waals surface area (Å²) in [6, 6.07) is -0.0448. The molecule has 0 aromatic carbocycles. The van der Waals surface area contributed by atoms with Crippen LogP contribution >= 0.6 is 0 Å². The molecule has 2 fully saturated rings. The highest BCUT2D eigenvalue weighted by atomic mass is 16.5. The van der Waals surface area contributed by atoms with Crippen LogP contribution < -0.4 is 11.5 Å². The third-order valence-electron chi connectivity index (χ3n) is 7.00. The number of rotatable bonds is 10. The van der Waals surface area contributed by atoms with Crippen molar-refractivity contribution in [1.29, 1.82) is 0 Å². The summed E-state index contributed by atoms with van der Waals surface area (Å²) >= 11 is 0. The number of aliphatic hydroxyl groups is 1. The van der Waals surface area contributed by atoms with Crippen molar-refractivity contribution in [3.8, 4) is 0 Å². The molecule has 1 aliphatic heterocycles. The number of primary amides is 1. The summed E-state index contributed by atoms with van der Waals surface area (Å²) in [5.41, 5.74) is 12.3. The lowest BCUT2D eigenvalue weighted by Gasteiger charge is -2.40. The van der Waals surface area contributed by atoms with Crippen LogP contribution in [-0.4, -0.2) is 60.4 Å². The van der Waals surface area contributed by atoms with Gasteiger partial charge >= 0.3 is 0 Å². The molecule has 0 bridgehead atoms. The van der Waals surface area contributed by atoms with Gasteiger partial charge < -0.3 is 21.3 Å². The molecule has 164 valence electrons. The van der Waals surface area contributed by atoms with E-state index in [1.807, 2.05) is 13.8 Å². The van der Waals surface area contributed by atoms with Crippen molar-refractivity contribution >= 4 is 5.91 Å². The first-order chi connectivity index (χ1) is 13.3. The van der Waals surface area contributed by atoms with E-state index in [4.69, 9.17) is 16.2 Å². The van der Waals surface area contributed by atoms with Crippen molar-refractivity contribution in [3.63, 3.8) is 0 Å². The minimum absolute atomic E-state index is 0.0796. The number of carbonyl (C=O) groups excluding carboxylic acids is 1. The molecule has 1 heterocycles. The highest BCUT2D eigenvalue weighted by Crippen LogP contribution is 2.33. The first-order valence-electron chi connectivity index (χ1n) is 11.4. The Hall–Kier alpha value is -0.690. The van der Waals surface area contributed by atoms with Gasteiger partial charge in [0, 0.05) is 31.1 Å². The van der Waals surface area contributed by atoms with Gasteiger partial charge in [-0.3, -0.25) is 9.69 Å². The standard InChI is InChI=1S/C22H43N3O3/c1-15(2)20(22(24)27)18(13-16(3)25-9-11-28-12-10-25)21(26)19(23)14-17-7-5-4-6-8-17/h15-21,26H,4-14,23H2,1-3H3,(H2,24,27)/t16?,18?,19-,20-,21-/m0/s1. The summed E-state index contributed by atoms with van der Waals surface area (Å²) in [6.45, 7) is 9.46. The molecule has 6 heteroatoms. The molecule has 0 radical (unpaired) electrons. The quantitative estimate of drug-likeness (QED) is 0.524. The summed E-state index contributed by atoms with van der Waals surface area (Å²) in [5.74, 6) is -0.222. The van der Waals surface area contributed by atoms with E-state index in [1.165, 1.54) is 32.1 Å². The highest BCUT2D eigenvalue weighted by Gasteiger charge is 2.39. The minimum Gasteiger partial charge on any atom is -0.391 e. The van der Waals surface area contributed by atoms with E-state index >= 15 is 0 Å². The fraction of sp³-hybridized carbons (Fsp3) is 0.955. The second kappa shape index (κ2) is 11.5. The predicted octanol–water partition coefficient (Wildman–Crippen LogP) is 2.13. The van der Waals surface area contributed by atoms with E-state index in [2.05, 4.69) is 11.8 Å². The van der Waals surface area contributed by atoms with Crippen molar-refractivity contribution in [2.24, 2.45) is 35.1 Å². The van der Waals surface area contributed by atoms with E-state index in [9.17, 15) is 9.90 Å². The molecule has 5 atom stereocenters. The number of amides is 1. The smallest absolute Gasteiger partial charge is 0.221 e. The molecule has 1 aliphatic carbocycles. The molecule has 2 rings (SSSR count). The molecule has 6 nitrogen and oxygen atoms in total. The van der Waals surface area contributed by atoms with Crippen LogP contribution in [0.5, 0.6) is 0 Å². The summed E-state index contributed by atoms with van der Waals surface area (Å²) in [4.78, 5) is 14.7. The third kappa shape index (κ3) is 6.68. The van der Waals surface area contributed by atoms with Gasteiger partial charge in [-0.2, -0.15) is 0 Å². The second-order valence-corrected chi connectivity index (χ2v) is 9.46. The van der Waals surface area contributed by atoms with Crippen molar-refractivity contribution in [1.82, 2.24) is 4.90 Å². The average molecular weight is 398 g/mol. The van der Waals surface area contributed by atoms with Gasteiger partial charge in [0.05, 0.1) is 19.3 Å². The Bertz CT molecular complexity index is 462. The number of carbonyl (C=O) groups is 1. The van der Waals surface area contributed by atoms with Crippen LogP contribution in [-0.2, 0) is 9.53 Å². The number of ether oxygens (including phenoxy) is 1. The fourth-order valence-electron chi connectivity index (χ4n) is 5.36. The Morgan fingerprint density at radius 1 is 1.14 bits per heavy atom. The summed E-state index contributed by atoms with van der Waals surface area (Å²) in [7, 11) is 0. The van der Waals surface area contributed by atoms with Crippen molar-refractivity contribution < 1.29 is 14.6 Å². The van der Waals surface area contributed by atoms with Crippen LogP contribution in [0.1, 0.15) is 65.7 Å². The van der Waals surface area contributed by atoms with Crippen LogP contribution in [0, 0.1) is 23.7 Å². The van der Waals surface area contributed by atoms with Gasteiger partial charge in [-0.05, 0) is 37.5 Å².